The maximum absolute atomic E-state index is 13.6. The molecule has 3 aromatic rings. The van der Waals surface area contributed by atoms with E-state index in [1.807, 2.05) is 60.7 Å². The molecule has 11 heteroatoms. The predicted molar refractivity (Wildman–Crippen MR) is 155 cm³/mol. The number of nitrogens with one attached hydrogen (secondary N) is 3. The molecule has 3 atom stereocenters. The van der Waals surface area contributed by atoms with Crippen molar-refractivity contribution < 1.29 is 33.8 Å². The zero-order valence-electron chi connectivity index (χ0n) is 23.2. The fourth-order valence-electron chi connectivity index (χ4n) is 4.10. The molecule has 0 spiro atoms. The molecule has 0 fully saturated rings. The summed E-state index contributed by atoms with van der Waals surface area (Å²) in [4.78, 5) is 49.9. The van der Waals surface area contributed by atoms with E-state index in [2.05, 4.69) is 20.7 Å². The number of carbonyl (C=O) groups excluding carboxylic acids is 4. The zero-order chi connectivity index (χ0) is 30.3. The molecule has 0 aromatic heterocycles. The number of hydrogen-bond acceptors (Lipinski definition) is 7. The van der Waals surface area contributed by atoms with E-state index < -0.39 is 42.0 Å². The molecule has 221 valence electrons. The molecule has 3 rings (SSSR count). The van der Waals surface area contributed by atoms with E-state index in [0.29, 0.717) is 11.3 Å². The molecule has 3 aromatic carbocycles. The average molecular weight is 576 g/mol. The summed E-state index contributed by atoms with van der Waals surface area (Å²) in [6.07, 6.45) is -1.37. The van der Waals surface area contributed by atoms with Gasteiger partial charge in [0.2, 0.25) is 11.8 Å². The van der Waals surface area contributed by atoms with Gasteiger partial charge < -0.3 is 36.3 Å². The van der Waals surface area contributed by atoms with Gasteiger partial charge in [0.25, 0.3) is 5.91 Å². The van der Waals surface area contributed by atoms with E-state index in [9.17, 15) is 24.3 Å². The summed E-state index contributed by atoms with van der Waals surface area (Å²) in [6.45, 7) is -0.183. The van der Waals surface area contributed by atoms with Crippen LogP contribution in [0, 0.1) is 6.42 Å². The third-order valence-electron chi connectivity index (χ3n) is 6.31. The Labute approximate surface area is 244 Å². The van der Waals surface area contributed by atoms with Gasteiger partial charge in [-0.25, -0.2) is 4.79 Å². The fraction of sp³-hybridized carbons (Fsp3) is 0.258. The van der Waals surface area contributed by atoms with Crippen LogP contribution >= 0.6 is 0 Å². The Kier molecular flexibility index (Phi) is 12.3. The van der Waals surface area contributed by atoms with Gasteiger partial charge in [-0.3, -0.25) is 14.4 Å². The standard InChI is InChI=1S/C31H35N4O7/c1-41-24-14-12-22(13-15-24)19-26(34-27(36)16-17-42-31(32)40)29(38)35-25(18-21-8-4-2-5-9-21)28(37)30(39)33-20-23-10-6-3-7-11-23/h2-16,25-26,28,37H,17-20H2,1H3,(H2,32,40)(H,33,39)(H,34,36)(H,35,38)/t25-,26-,28-/m0/s1. The van der Waals surface area contributed by atoms with E-state index in [4.69, 9.17) is 10.5 Å². The lowest BCUT2D eigenvalue weighted by Gasteiger charge is -2.27. The number of hydrogen-bond donors (Lipinski definition) is 5. The lowest BCUT2D eigenvalue weighted by atomic mass is 9.99. The molecule has 0 bridgehead atoms. The molecule has 6 N–H and O–H groups in total. The summed E-state index contributed by atoms with van der Waals surface area (Å²) < 4.78 is 9.76. The van der Waals surface area contributed by atoms with Crippen molar-refractivity contribution in [3.05, 3.63) is 108 Å². The normalized spacial score (nSPS) is 12.7. The lowest BCUT2D eigenvalue weighted by molar-refractivity contribution is -0.133. The molecule has 0 saturated heterocycles. The summed E-state index contributed by atoms with van der Waals surface area (Å²) in [6, 6.07) is 23.1. The van der Waals surface area contributed by atoms with Gasteiger partial charge in [0, 0.05) is 13.0 Å². The molecule has 0 aliphatic rings. The zero-order valence-corrected chi connectivity index (χ0v) is 23.2. The first kappa shape index (κ1) is 31.6. The summed E-state index contributed by atoms with van der Waals surface area (Å²) in [5.74, 6) is -1.34. The maximum atomic E-state index is 13.6. The van der Waals surface area contributed by atoms with Crippen LogP contribution in [0.15, 0.2) is 84.9 Å². The number of aliphatic hydroxyl groups excluding tert-OH is 1. The van der Waals surface area contributed by atoms with Crippen LogP contribution in [0.5, 0.6) is 5.75 Å². The van der Waals surface area contributed by atoms with Crippen LogP contribution in [-0.4, -0.2) is 60.8 Å². The second kappa shape index (κ2) is 16.4. The number of aliphatic hydroxyl groups is 1. The van der Waals surface area contributed by atoms with Crippen LogP contribution in [0.25, 0.3) is 0 Å². The number of nitrogens with two attached hydrogens (primary N) is 1. The van der Waals surface area contributed by atoms with E-state index in [-0.39, 0.29) is 26.0 Å². The molecule has 11 nitrogen and oxygen atoms in total. The molecule has 0 saturated carbocycles. The van der Waals surface area contributed by atoms with Crippen molar-refractivity contribution in [2.24, 2.45) is 5.73 Å². The minimum atomic E-state index is -1.59. The Morgan fingerprint density at radius 2 is 1.40 bits per heavy atom. The summed E-state index contributed by atoms with van der Waals surface area (Å²) >= 11 is 0. The summed E-state index contributed by atoms with van der Waals surface area (Å²) in [7, 11) is 1.53. The highest BCUT2D eigenvalue weighted by Crippen LogP contribution is 2.14. The lowest BCUT2D eigenvalue weighted by Crippen LogP contribution is -2.56. The second-order valence-corrected chi connectivity index (χ2v) is 9.40. The number of carbonyl (C=O) groups is 4. The smallest absolute Gasteiger partial charge is 0.404 e. The van der Waals surface area contributed by atoms with E-state index in [1.165, 1.54) is 7.11 Å². The number of amides is 4. The quantitative estimate of drug-likeness (QED) is 0.183. The second-order valence-electron chi connectivity index (χ2n) is 9.40. The van der Waals surface area contributed by atoms with Crippen molar-refractivity contribution in [2.75, 3.05) is 13.7 Å². The number of methoxy groups -OCH3 is 1. The van der Waals surface area contributed by atoms with Crippen LogP contribution in [0.1, 0.15) is 16.7 Å². The largest absolute Gasteiger partial charge is 0.497 e. The van der Waals surface area contributed by atoms with E-state index >= 15 is 0 Å². The Bertz CT molecular complexity index is 1300. The predicted octanol–water partition coefficient (Wildman–Crippen LogP) is 1.43. The first-order valence-electron chi connectivity index (χ1n) is 13.3. The van der Waals surface area contributed by atoms with Gasteiger partial charge in [-0.05, 0) is 35.2 Å². The Balaban J connectivity index is 1.77. The molecular formula is C31H35N4O7. The van der Waals surface area contributed by atoms with Gasteiger partial charge in [0.15, 0.2) is 6.10 Å². The van der Waals surface area contributed by atoms with Crippen LogP contribution in [-0.2, 0) is 38.5 Å². The van der Waals surface area contributed by atoms with Gasteiger partial charge in [-0.2, -0.15) is 0 Å². The van der Waals surface area contributed by atoms with E-state index in [1.54, 1.807) is 24.3 Å². The molecule has 0 heterocycles. The number of primary amides is 1. The van der Waals surface area contributed by atoms with Crippen LogP contribution in [0.3, 0.4) is 0 Å². The molecule has 1 radical (unpaired) electrons. The molecule has 0 unspecified atom stereocenters. The Morgan fingerprint density at radius 3 is 2.00 bits per heavy atom. The first-order valence-corrected chi connectivity index (χ1v) is 13.3. The van der Waals surface area contributed by atoms with Crippen molar-refractivity contribution >= 4 is 23.8 Å². The van der Waals surface area contributed by atoms with Gasteiger partial charge >= 0.3 is 6.09 Å². The van der Waals surface area contributed by atoms with Crippen molar-refractivity contribution in [1.29, 1.82) is 0 Å². The van der Waals surface area contributed by atoms with Crippen molar-refractivity contribution in [3.63, 3.8) is 0 Å². The fourth-order valence-corrected chi connectivity index (χ4v) is 4.10. The average Bonchev–Trinajstić information content (AvgIpc) is 3.00. The van der Waals surface area contributed by atoms with Crippen molar-refractivity contribution in [3.8, 4) is 5.75 Å². The molecule has 0 aliphatic carbocycles. The van der Waals surface area contributed by atoms with Gasteiger partial charge in [-0.15, -0.1) is 0 Å². The minimum Gasteiger partial charge on any atom is -0.497 e. The molecular weight excluding hydrogens is 540 g/mol. The van der Waals surface area contributed by atoms with Crippen molar-refractivity contribution in [2.45, 2.75) is 37.6 Å². The third kappa shape index (κ3) is 10.6. The van der Waals surface area contributed by atoms with E-state index in [0.717, 1.165) is 17.5 Å². The molecule has 42 heavy (non-hydrogen) atoms. The Morgan fingerprint density at radius 1 is 0.810 bits per heavy atom. The topological polar surface area (TPSA) is 169 Å². The monoisotopic (exact) mass is 575 g/mol. The summed E-state index contributed by atoms with van der Waals surface area (Å²) in [5.41, 5.74) is 7.28. The highest BCUT2D eigenvalue weighted by molar-refractivity contribution is 5.92. The van der Waals surface area contributed by atoms with Gasteiger partial charge in [0.1, 0.15) is 18.4 Å². The summed E-state index contributed by atoms with van der Waals surface area (Å²) in [5, 5.41) is 19.1. The number of ether oxygens (including phenoxy) is 2. The van der Waals surface area contributed by atoms with Crippen LogP contribution < -0.4 is 26.4 Å². The molecule has 4 amide bonds. The van der Waals surface area contributed by atoms with Crippen LogP contribution in [0.4, 0.5) is 4.79 Å². The first-order chi connectivity index (χ1) is 20.2. The number of benzene rings is 3. The van der Waals surface area contributed by atoms with Crippen molar-refractivity contribution in [1.82, 2.24) is 16.0 Å². The minimum absolute atomic E-state index is 0.0838. The van der Waals surface area contributed by atoms with Gasteiger partial charge in [0.05, 0.1) is 19.6 Å². The Hall–Kier alpha value is -4.90. The highest BCUT2D eigenvalue weighted by Gasteiger charge is 2.31. The molecule has 0 aliphatic heterocycles. The maximum Gasteiger partial charge on any atom is 0.404 e. The van der Waals surface area contributed by atoms with Crippen LogP contribution in [0.2, 0.25) is 0 Å². The number of rotatable bonds is 15. The SMILES string of the molecule is COc1ccc(C[C@H](NC(=O)[CH]COC(N)=O)C(=O)N[C@@H](Cc2ccccc2)[C@H](O)C(=O)NCc2ccccc2)cc1. The highest BCUT2D eigenvalue weighted by atomic mass is 16.5. The van der Waals surface area contributed by atoms with Gasteiger partial charge in [-0.1, -0.05) is 72.8 Å². The third-order valence-corrected chi connectivity index (χ3v) is 6.31.